The number of benzene rings is 1. The maximum atomic E-state index is 11.6. The zero-order valence-electron chi connectivity index (χ0n) is 9.77. The number of aryl methyl sites for hydroxylation is 1. The molecular weight excluding hydrogens is 236 g/mol. The molecule has 0 spiro atoms. The number of H-pyrrole nitrogens is 1. The SMILES string of the molecule is CCS(=O)(=O)c1ccc(-c2cc(C)[nH]n2)cc1. The lowest BCUT2D eigenvalue weighted by atomic mass is 10.1. The van der Waals surface area contributed by atoms with Gasteiger partial charge >= 0.3 is 0 Å². The lowest BCUT2D eigenvalue weighted by molar-refractivity contribution is 0.597. The summed E-state index contributed by atoms with van der Waals surface area (Å²) in [6.07, 6.45) is 0. The molecule has 0 aliphatic heterocycles. The van der Waals surface area contributed by atoms with Gasteiger partial charge in [0.25, 0.3) is 0 Å². The third-order valence-corrected chi connectivity index (χ3v) is 4.35. The number of nitrogens with zero attached hydrogens (tertiary/aromatic N) is 1. The van der Waals surface area contributed by atoms with E-state index in [1.54, 1.807) is 31.2 Å². The highest BCUT2D eigenvalue weighted by Gasteiger charge is 2.11. The maximum absolute atomic E-state index is 11.6. The molecule has 1 N–H and O–H groups in total. The third kappa shape index (κ3) is 2.39. The normalized spacial score (nSPS) is 11.6. The van der Waals surface area contributed by atoms with Crippen LogP contribution in [0.25, 0.3) is 11.3 Å². The van der Waals surface area contributed by atoms with Crippen molar-refractivity contribution in [2.75, 3.05) is 5.75 Å². The Hall–Kier alpha value is -1.62. The Morgan fingerprint density at radius 3 is 2.35 bits per heavy atom. The highest BCUT2D eigenvalue weighted by Crippen LogP contribution is 2.20. The zero-order chi connectivity index (χ0) is 12.5. The largest absolute Gasteiger partial charge is 0.282 e. The number of aromatic amines is 1. The Labute approximate surface area is 101 Å². The minimum atomic E-state index is -3.12. The van der Waals surface area contributed by atoms with E-state index in [9.17, 15) is 8.42 Å². The summed E-state index contributed by atoms with van der Waals surface area (Å²) in [6, 6.07) is 8.72. The highest BCUT2D eigenvalue weighted by atomic mass is 32.2. The van der Waals surface area contributed by atoms with Crippen molar-refractivity contribution in [1.82, 2.24) is 10.2 Å². The standard InChI is InChI=1S/C12H14N2O2S/c1-3-17(15,16)11-6-4-10(5-7-11)12-8-9(2)13-14-12/h4-8H,3H2,1-2H3,(H,13,14). The Morgan fingerprint density at radius 1 is 1.24 bits per heavy atom. The molecule has 0 radical (unpaired) electrons. The number of aromatic nitrogens is 2. The van der Waals surface area contributed by atoms with E-state index in [1.807, 2.05) is 13.0 Å². The molecule has 1 aromatic heterocycles. The molecule has 2 rings (SSSR count). The smallest absolute Gasteiger partial charge is 0.178 e. The molecule has 2 aromatic rings. The molecule has 0 fully saturated rings. The molecule has 0 aliphatic carbocycles. The van der Waals surface area contributed by atoms with Crippen LogP contribution in [0.5, 0.6) is 0 Å². The maximum Gasteiger partial charge on any atom is 0.178 e. The van der Waals surface area contributed by atoms with Crippen LogP contribution in [-0.4, -0.2) is 24.4 Å². The van der Waals surface area contributed by atoms with Gasteiger partial charge in [-0.3, -0.25) is 5.10 Å². The second-order valence-corrected chi connectivity index (χ2v) is 6.14. The predicted molar refractivity (Wildman–Crippen MR) is 66.5 cm³/mol. The highest BCUT2D eigenvalue weighted by molar-refractivity contribution is 7.91. The van der Waals surface area contributed by atoms with E-state index < -0.39 is 9.84 Å². The van der Waals surface area contributed by atoms with E-state index in [2.05, 4.69) is 10.2 Å². The van der Waals surface area contributed by atoms with Crippen LogP contribution >= 0.6 is 0 Å². The number of rotatable bonds is 3. The Balaban J connectivity index is 2.37. The van der Waals surface area contributed by atoms with Crippen LogP contribution < -0.4 is 0 Å². The molecule has 1 heterocycles. The van der Waals surface area contributed by atoms with Crippen LogP contribution in [0.1, 0.15) is 12.6 Å². The van der Waals surface area contributed by atoms with Crippen molar-refractivity contribution in [1.29, 1.82) is 0 Å². The van der Waals surface area contributed by atoms with Crippen molar-refractivity contribution in [3.8, 4) is 11.3 Å². The van der Waals surface area contributed by atoms with Gasteiger partial charge in [-0.25, -0.2) is 8.42 Å². The summed E-state index contributed by atoms with van der Waals surface area (Å²) < 4.78 is 23.3. The van der Waals surface area contributed by atoms with E-state index >= 15 is 0 Å². The van der Waals surface area contributed by atoms with E-state index in [0.29, 0.717) is 4.90 Å². The molecule has 0 unspecified atom stereocenters. The first-order valence-corrected chi connectivity index (χ1v) is 7.03. The third-order valence-electron chi connectivity index (χ3n) is 2.60. The quantitative estimate of drug-likeness (QED) is 0.908. The topological polar surface area (TPSA) is 62.8 Å². The molecule has 17 heavy (non-hydrogen) atoms. The fraction of sp³-hybridized carbons (Fsp3) is 0.250. The Kier molecular flexibility index (Phi) is 3.02. The van der Waals surface area contributed by atoms with Crippen LogP contribution in [0.3, 0.4) is 0 Å². The molecule has 90 valence electrons. The Bertz CT molecular complexity index is 612. The van der Waals surface area contributed by atoms with Gasteiger partial charge in [-0.2, -0.15) is 5.10 Å². The Morgan fingerprint density at radius 2 is 1.88 bits per heavy atom. The van der Waals surface area contributed by atoms with E-state index in [0.717, 1.165) is 17.0 Å². The first-order chi connectivity index (χ1) is 8.03. The van der Waals surface area contributed by atoms with E-state index in [-0.39, 0.29) is 5.75 Å². The number of nitrogens with one attached hydrogen (secondary N) is 1. The fourth-order valence-corrected chi connectivity index (χ4v) is 2.45. The molecular formula is C12H14N2O2S. The number of hydrogen-bond acceptors (Lipinski definition) is 3. The minimum Gasteiger partial charge on any atom is -0.282 e. The monoisotopic (exact) mass is 250 g/mol. The predicted octanol–water partition coefficient (Wildman–Crippen LogP) is 2.18. The van der Waals surface area contributed by atoms with Crippen molar-refractivity contribution in [2.45, 2.75) is 18.7 Å². The van der Waals surface area contributed by atoms with E-state index in [1.165, 1.54) is 0 Å². The lowest BCUT2D eigenvalue weighted by Crippen LogP contribution is -2.03. The van der Waals surface area contributed by atoms with Crippen molar-refractivity contribution >= 4 is 9.84 Å². The van der Waals surface area contributed by atoms with Gasteiger partial charge in [-0.15, -0.1) is 0 Å². The molecule has 1 aromatic carbocycles. The summed E-state index contributed by atoms with van der Waals surface area (Å²) in [5, 5.41) is 6.98. The van der Waals surface area contributed by atoms with Crippen LogP contribution in [0, 0.1) is 6.92 Å². The second kappa shape index (κ2) is 4.33. The summed E-state index contributed by atoms with van der Waals surface area (Å²) in [5.41, 5.74) is 2.71. The van der Waals surface area contributed by atoms with Crippen molar-refractivity contribution < 1.29 is 8.42 Å². The van der Waals surface area contributed by atoms with Gasteiger partial charge in [0.15, 0.2) is 9.84 Å². The summed E-state index contributed by atoms with van der Waals surface area (Å²) in [6.45, 7) is 3.56. The minimum absolute atomic E-state index is 0.119. The van der Waals surface area contributed by atoms with Crippen molar-refractivity contribution in [2.24, 2.45) is 0 Å². The number of hydrogen-bond donors (Lipinski definition) is 1. The van der Waals surface area contributed by atoms with Crippen molar-refractivity contribution in [3.05, 3.63) is 36.0 Å². The van der Waals surface area contributed by atoms with Crippen LogP contribution in [0.4, 0.5) is 0 Å². The first kappa shape index (κ1) is 11.9. The van der Waals surface area contributed by atoms with Gasteiger partial charge in [-0.05, 0) is 25.1 Å². The average molecular weight is 250 g/mol. The molecule has 5 heteroatoms. The fourth-order valence-electron chi connectivity index (χ4n) is 1.57. The molecule has 0 atom stereocenters. The van der Waals surface area contributed by atoms with Gasteiger partial charge in [0.1, 0.15) is 0 Å². The summed E-state index contributed by atoms with van der Waals surface area (Å²) in [7, 11) is -3.12. The van der Waals surface area contributed by atoms with Gasteiger partial charge in [-0.1, -0.05) is 19.1 Å². The summed E-state index contributed by atoms with van der Waals surface area (Å²) in [5.74, 6) is 0.119. The molecule has 0 saturated heterocycles. The first-order valence-electron chi connectivity index (χ1n) is 5.38. The molecule has 0 saturated carbocycles. The van der Waals surface area contributed by atoms with Gasteiger partial charge in [0.2, 0.25) is 0 Å². The van der Waals surface area contributed by atoms with Gasteiger partial charge < -0.3 is 0 Å². The molecule has 0 amide bonds. The molecule has 0 aliphatic rings. The van der Waals surface area contributed by atoms with Crippen LogP contribution in [0.2, 0.25) is 0 Å². The van der Waals surface area contributed by atoms with E-state index in [4.69, 9.17) is 0 Å². The molecule has 0 bridgehead atoms. The lowest BCUT2D eigenvalue weighted by Gasteiger charge is -2.02. The summed E-state index contributed by atoms with van der Waals surface area (Å²) in [4.78, 5) is 0.357. The van der Waals surface area contributed by atoms with Crippen LogP contribution in [-0.2, 0) is 9.84 Å². The summed E-state index contributed by atoms with van der Waals surface area (Å²) >= 11 is 0. The second-order valence-electron chi connectivity index (χ2n) is 3.86. The van der Waals surface area contributed by atoms with Gasteiger partial charge in [0.05, 0.1) is 16.3 Å². The van der Waals surface area contributed by atoms with Crippen LogP contribution in [0.15, 0.2) is 35.2 Å². The van der Waals surface area contributed by atoms with Crippen molar-refractivity contribution in [3.63, 3.8) is 0 Å². The van der Waals surface area contributed by atoms with Gasteiger partial charge in [0, 0.05) is 11.3 Å². The zero-order valence-corrected chi connectivity index (χ0v) is 10.6. The number of sulfone groups is 1. The molecule has 4 nitrogen and oxygen atoms in total. The average Bonchev–Trinajstić information content (AvgIpc) is 2.76.